The molecule has 2 saturated heterocycles. The summed E-state index contributed by atoms with van der Waals surface area (Å²) >= 11 is 0. The summed E-state index contributed by atoms with van der Waals surface area (Å²) in [6, 6.07) is 10.2. The first-order chi connectivity index (χ1) is 11.4. The van der Waals surface area contributed by atoms with Crippen LogP contribution >= 0.6 is 0 Å². The smallest absolute Gasteiger partial charge is 0.236 e. The number of morpholine rings is 1. The van der Waals surface area contributed by atoms with Crippen LogP contribution in [0.25, 0.3) is 0 Å². The van der Waals surface area contributed by atoms with Crippen molar-refractivity contribution < 1.29 is 14.6 Å². The van der Waals surface area contributed by atoms with Crippen molar-refractivity contribution >= 4 is 5.91 Å². The molecule has 0 aliphatic carbocycles. The van der Waals surface area contributed by atoms with E-state index in [0.29, 0.717) is 32.8 Å². The van der Waals surface area contributed by atoms with Crippen molar-refractivity contribution in [1.29, 1.82) is 0 Å². The minimum atomic E-state index is -0.362. The molecule has 24 heavy (non-hydrogen) atoms. The van der Waals surface area contributed by atoms with Crippen LogP contribution in [-0.2, 0) is 16.0 Å². The van der Waals surface area contributed by atoms with Crippen molar-refractivity contribution in [2.24, 2.45) is 5.92 Å². The van der Waals surface area contributed by atoms with Gasteiger partial charge in [0.2, 0.25) is 5.91 Å². The highest BCUT2D eigenvalue weighted by atomic mass is 16.5. The Morgan fingerprint density at radius 1 is 1.29 bits per heavy atom. The van der Waals surface area contributed by atoms with Gasteiger partial charge in [-0.2, -0.15) is 0 Å². The molecule has 1 N–H and O–H groups in total. The van der Waals surface area contributed by atoms with Gasteiger partial charge in [0.05, 0.1) is 24.9 Å². The lowest BCUT2D eigenvalue weighted by Crippen LogP contribution is -2.52. The number of rotatable bonds is 4. The van der Waals surface area contributed by atoms with Crippen LogP contribution in [0.3, 0.4) is 0 Å². The van der Waals surface area contributed by atoms with Gasteiger partial charge in [-0.05, 0) is 25.8 Å². The highest BCUT2D eigenvalue weighted by molar-refractivity contribution is 5.78. The quantitative estimate of drug-likeness (QED) is 0.899. The number of likely N-dealkylation sites (tertiary alicyclic amines) is 1. The van der Waals surface area contributed by atoms with Crippen LogP contribution in [0.1, 0.15) is 19.4 Å². The molecule has 132 valence electrons. The van der Waals surface area contributed by atoms with E-state index in [4.69, 9.17) is 4.74 Å². The van der Waals surface area contributed by atoms with Crippen molar-refractivity contribution in [3.05, 3.63) is 35.9 Å². The zero-order chi connectivity index (χ0) is 17.2. The number of β-amino-alcohol motifs (C(OH)–C–C–N with tert-alkyl or cyclic N) is 1. The van der Waals surface area contributed by atoms with Gasteiger partial charge in [0.15, 0.2) is 0 Å². The summed E-state index contributed by atoms with van der Waals surface area (Å²) in [6.45, 7) is 7.66. The number of nitrogens with zero attached hydrogens (tertiary/aromatic N) is 2. The molecular weight excluding hydrogens is 304 g/mol. The standard InChI is InChI=1S/C19H28N2O3/c1-19(2)14-21(8-9-24-19)18(23)13-20-11-16(17(22)12-20)10-15-6-4-3-5-7-15/h3-7,16-17,22H,8-14H2,1-2H3/t16-,17-/m1/s1. The lowest BCUT2D eigenvalue weighted by molar-refractivity contribution is -0.146. The summed E-state index contributed by atoms with van der Waals surface area (Å²) in [5, 5.41) is 10.3. The van der Waals surface area contributed by atoms with Crippen LogP contribution < -0.4 is 0 Å². The van der Waals surface area contributed by atoms with Gasteiger partial charge < -0.3 is 14.7 Å². The van der Waals surface area contributed by atoms with Crippen LogP contribution in [0.15, 0.2) is 30.3 Å². The topological polar surface area (TPSA) is 53.0 Å². The molecule has 2 fully saturated rings. The Balaban J connectivity index is 1.52. The number of hydrogen-bond donors (Lipinski definition) is 1. The molecule has 0 radical (unpaired) electrons. The predicted molar refractivity (Wildman–Crippen MR) is 92.7 cm³/mol. The van der Waals surface area contributed by atoms with Gasteiger partial charge in [-0.3, -0.25) is 9.69 Å². The van der Waals surface area contributed by atoms with Gasteiger partial charge >= 0.3 is 0 Å². The summed E-state index contributed by atoms with van der Waals surface area (Å²) in [7, 11) is 0. The van der Waals surface area contributed by atoms with Crippen molar-refractivity contribution in [3.8, 4) is 0 Å². The molecule has 2 aliphatic rings. The number of benzene rings is 1. The predicted octanol–water partition coefficient (Wildman–Crippen LogP) is 1.16. The number of aliphatic hydroxyl groups excluding tert-OH is 1. The number of carbonyl (C=O) groups excluding carboxylic acids is 1. The molecule has 2 aliphatic heterocycles. The van der Waals surface area contributed by atoms with Gasteiger partial charge in [-0.25, -0.2) is 0 Å². The zero-order valence-corrected chi connectivity index (χ0v) is 14.6. The first kappa shape index (κ1) is 17.4. The second kappa shape index (κ2) is 7.21. The molecule has 5 heteroatoms. The molecule has 0 aromatic heterocycles. The molecule has 0 unspecified atom stereocenters. The maximum Gasteiger partial charge on any atom is 0.236 e. The van der Waals surface area contributed by atoms with Gasteiger partial charge in [0.1, 0.15) is 0 Å². The largest absolute Gasteiger partial charge is 0.391 e. The molecular formula is C19H28N2O3. The molecule has 0 saturated carbocycles. The Labute approximate surface area is 144 Å². The van der Waals surface area contributed by atoms with Gasteiger partial charge in [0, 0.05) is 32.1 Å². The number of amides is 1. The first-order valence-electron chi connectivity index (χ1n) is 8.79. The second-order valence-corrected chi connectivity index (χ2v) is 7.63. The van der Waals surface area contributed by atoms with Crippen LogP contribution in [0.2, 0.25) is 0 Å². The zero-order valence-electron chi connectivity index (χ0n) is 14.6. The van der Waals surface area contributed by atoms with E-state index in [2.05, 4.69) is 17.0 Å². The average Bonchev–Trinajstić information content (AvgIpc) is 2.87. The first-order valence-corrected chi connectivity index (χ1v) is 8.79. The Morgan fingerprint density at radius 3 is 2.75 bits per heavy atom. The van der Waals surface area contributed by atoms with Gasteiger partial charge in [-0.15, -0.1) is 0 Å². The lowest BCUT2D eigenvalue weighted by Gasteiger charge is -2.38. The molecule has 2 heterocycles. The molecule has 0 bridgehead atoms. The van der Waals surface area contributed by atoms with Crippen LogP contribution in [0.4, 0.5) is 0 Å². The third kappa shape index (κ3) is 4.35. The summed E-state index contributed by atoms with van der Waals surface area (Å²) in [5.41, 5.74) is 0.971. The summed E-state index contributed by atoms with van der Waals surface area (Å²) in [5.74, 6) is 0.334. The molecule has 3 rings (SSSR count). The molecule has 1 aromatic carbocycles. The van der Waals surface area contributed by atoms with Crippen LogP contribution in [-0.4, -0.2) is 71.8 Å². The summed E-state index contributed by atoms with van der Waals surface area (Å²) in [6.07, 6.45) is 0.497. The van der Waals surface area contributed by atoms with Crippen molar-refractivity contribution in [2.75, 3.05) is 39.3 Å². The highest BCUT2D eigenvalue weighted by Crippen LogP contribution is 2.22. The van der Waals surface area contributed by atoms with Crippen molar-refractivity contribution in [2.45, 2.75) is 32.0 Å². The summed E-state index contributed by atoms with van der Waals surface area (Å²) in [4.78, 5) is 16.5. The van der Waals surface area contributed by atoms with Crippen molar-refractivity contribution in [1.82, 2.24) is 9.80 Å². The Bertz CT molecular complexity index is 561. The van der Waals surface area contributed by atoms with Gasteiger partial charge in [-0.1, -0.05) is 30.3 Å². The van der Waals surface area contributed by atoms with E-state index in [9.17, 15) is 9.90 Å². The van der Waals surface area contributed by atoms with Crippen LogP contribution in [0.5, 0.6) is 0 Å². The van der Waals surface area contributed by atoms with E-state index in [1.54, 1.807) is 0 Å². The van der Waals surface area contributed by atoms with E-state index < -0.39 is 0 Å². The number of hydrogen-bond acceptors (Lipinski definition) is 4. The fraction of sp³-hybridized carbons (Fsp3) is 0.632. The average molecular weight is 332 g/mol. The molecule has 0 spiro atoms. The SMILES string of the molecule is CC1(C)CN(C(=O)CN2C[C@@H](Cc3ccccc3)[C@H](O)C2)CCO1. The fourth-order valence-corrected chi connectivity index (χ4v) is 3.71. The minimum absolute atomic E-state index is 0.138. The van der Waals surface area contributed by atoms with E-state index in [0.717, 1.165) is 13.0 Å². The summed E-state index contributed by atoms with van der Waals surface area (Å²) < 4.78 is 5.67. The maximum absolute atomic E-state index is 12.6. The molecule has 1 aromatic rings. The number of aliphatic hydroxyl groups is 1. The Hall–Kier alpha value is -1.43. The number of carbonyl (C=O) groups is 1. The minimum Gasteiger partial charge on any atom is -0.391 e. The monoisotopic (exact) mass is 332 g/mol. The second-order valence-electron chi connectivity index (χ2n) is 7.63. The molecule has 5 nitrogen and oxygen atoms in total. The van der Waals surface area contributed by atoms with E-state index in [-0.39, 0.29) is 23.5 Å². The van der Waals surface area contributed by atoms with Gasteiger partial charge in [0.25, 0.3) is 0 Å². The third-order valence-electron chi connectivity index (χ3n) is 4.96. The maximum atomic E-state index is 12.6. The van der Waals surface area contributed by atoms with Crippen molar-refractivity contribution in [3.63, 3.8) is 0 Å². The molecule has 2 atom stereocenters. The molecule has 1 amide bonds. The number of ether oxygens (including phenoxy) is 1. The third-order valence-corrected chi connectivity index (χ3v) is 4.96. The lowest BCUT2D eigenvalue weighted by atomic mass is 9.97. The Kier molecular flexibility index (Phi) is 5.23. The highest BCUT2D eigenvalue weighted by Gasteiger charge is 2.35. The van der Waals surface area contributed by atoms with E-state index >= 15 is 0 Å². The normalized spacial score (nSPS) is 27.4. The Morgan fingerprint density at radius 2 is 2.04 bits per heavy atom. The van der Waals surface area contributed by atoms with E-state index in [1.807, 2.05) is 36.9 Å². The van der Waals surface area contributed by atoms with E-state index in [1.165, 1.54) is 5.56 Å². The van der Waals surface area contributed by atoms with Crippen LogP contribution in [0, 0.1) is 5.92 Å². The fourth-order valence-electron chi connectivity index (χ4n) is 3.71.